The Morgan fingerprint density at radius 3 is 2.55 bits per heavy atom. The van der Waals surface area contributed by atoms with Crippen molar-refractivity contribution in [3.63, 3.8) is 0 Å². The highest BCUT2D eigenvalue weighted by Gasteiger charge is 2.33. The van der Waals surface area contributed by atoms with Gasteiger partial charge in [-0.1, -0.05) is 0 Å². The van der Waals surface area contributed by atoms with Gasteiger partial charge in [-0.3, -0.25) is 4.79 Å². The lowest BCUT2D eigenvalue weighted by Gasteiger charge is -2.21. The molecule has 1 rings (SSSR count). The van der Waals surface area contributed by atoms with Gasteiger partial charge in [0.25, 0.3) is 0 Å². The van der Waals surface area contributed by atoms with Gasteiger partial charge >= 0.3 is 5.97 Å². The Morgan fingerprint density at radius 1 is 1.55 bits per heavy atom. The first-order valence-corrected chi connectivity index (χ1v) is 3.47. The van der Waals surface area contributed by atoms with Crippen molar-refractivity contribution in [2.24, 2.45) is 0 Å². The maximum atomic E-state index is 10.5. The Hall–Kier alpha value is -0.650. The van der Waals surface area contributed by atoms with Crippen molar-refractivity contribution < 1.29 is 20.1 Å². The predicted molar refractivity (Wildman–Crippen MR) is 35.6 cm³/mol. The highest BCUT2D eigenvalue weighted by atomic mass is 16.5. The van der Waals surface area contributed by atoms with Crippen LogP contribution in [0.4, 0.5) is 0 Å². The summed E-state index contributed by atoms with van der Waals surface area (Å²) >= 11 is 0. The Morgan fingerprint density at radius 2 is 2.18 bits per heavy atom. The summed E-state index contributed by atoms with van der Waals surface area (Å²) in [5.74, 6) is -0.990. The van der Waals surface area contributed by atoms with E-state index in [1.807, 2.05) is 0 Å². The van der Waals surface area contributed by atoms with Crippen molar-refractivity contribution in [1.82, 2.24) is 4.90 Å². The number of likely N-dealkylation sites (tertiary alicyclic amines) is 1. The van der Waals surface area contributed by atoms with Gasteiger partial charge in [-0.05, 0) is 12.8 Å². The minimum Gasteiger partial charge on any atom is -0.480 e. The third-order valence-electron chi connectivity index (χ3n) is 1.88. The number of carbonyl (C=O) groups is 1. The van der Waals surface area contributed by atoms with E-state index in [2.05, 4.69) is 0 Å². The first kappa shape index (κ1) is 8.45. The summed E-state index contributed by atoms with van der Waals surface area (Å²) in [6.45, 7) is 0.439. The van der Waals surface area contributed by atoms with Gasteiger partial charge in [0.1, 0.15) is 6.04 Å². The Balaban J connectivity index is 2.58. The molecular formula is C6H11NO4. The number of aliphatic hydroxyl groups is 2. The van der Waals surface area contributed by atoms with Crippen LogP contribution in [0.2, 0.25) is 0 Å². The molecule has 64 valence electrons. The molecule has 0 bridgehead atoms. The summed E-state index contributed by atoms with van der Waals surface area (Å²) in [6, 6.07) is -0.727. The van der Waals surface area contributed by atoms with Crippen LogP contribution >= 0.6 is 0 Å². The number of hydrogen-bond acceptors (Lipinski definition) is 4. The molecule has 11 heavy (non-hydrogen) atoms. The van der Waals surface area contributed by atoms with E-state index >= 15 is 0 Å². The summed E-state index contributed by atoms with van der Waals surface area (Å²) in [6.07, 6.45) is -0.444. The summed E-state index contributed by atoms with van der Waals surface area (Å²) in [7, 11) is 0. The minimum absolute atomic E-state index is 0.439. The van der Waals surface area contributed by atoms with Gasteiger partial charge in [-0.2, -0.15) is 0 Å². The van der Waals surface area contributed by atoms with Crippen molar-refractivity contribution in [3.8, 4) is 0 Å². The molecule has 1 heterocycles. The lowest BCUT2D eigenvalue weighted by Crippen LogP contribution is -2.42. The van der Waals surface area contributed by atoms with Gasteiger partial charge in [0.15, 0.2) is 0 Å². The van der Waals surface area contributed by atoms with E-state index in [0.717, 1.165) is 4.90 Å². The van der Waals surface area contributed by atoms with Gasteiger partial charge in [0.2, 0.25) is 6.41 Å². The molecule has 1 aliphatic heterocycles. The van der Waals surface area contributed by atoms with Crippen molar-refractivity contribution in [2.45, 2.75) is 25.3 Å². The number of hydrogen-bond donors (Lipinski definition) is 3. The predicted octanol–water partition coefficient (Wildman–Crippen LogP) is -1.20. The molecule has 1 aliphatic rings. The Labute approximate surface area is 63.9 Å². The summed E-state index contributed by atoms with van der Waals surface area (Å²) in [4.78, 5) is 11.6. The van der Waals surface area contributed by atoms with Crippen molar-refractivity contribution >= 4 is 5.97 Å². The number of aliphatic hydroxyl groups excluding tert-OH is 1. The molecule has 0 amide bonds. The van der Waals surface area contributed by atoms with Gasteiger partial charge in [-0.15, -0.1) is 0 Å². The highest BCUT2D eigenvalue weighted by molar-refractivity contribution is 5.73. The van der Waals surface area contributed by atoms with E-state index in [4.69, 9.17) is 15.3 Å². The van der Waals surface area contributed by atoms with Crippen LogP contribution in [0.3, 0.4) is 0 Å². The van der Waals surface area contributed by atoms with Crippen molar-refractivity contribution in [2.75, 3.05) is 6.54 Å². The van der Waals surface area contributed by atoms with Crippen LogP contribution in [-0.4, -0.2) is 45.2 Å². The van der Waals surface area contributed by atoms with E-state index < -0.39 is 18.4 Å². The first-order valence-electron chi connectivity index (χ1n) is 3.47. The zero-order valence-electron chi connectivity index (χ0n) is 5.97. The lowest BCUT2D eigenvalue weighted by molar-refractivity contribution is -0.175. The minimum atomic E-state index is -1.64. The maximum absolute atomic E-state index is 10.5. The lowest BCUT2D eigenvalue weighted by atomic mass is 10.2. The quantitative estimate of drug-likeness (QED) is 0.443. The molecule has 3 N–H and O–H groups in total. The second kappa shape index (κ2) is 3.17. The SMILES string of the molecule is O=C(O)[C@@H]1CCCN1C(O)O. The number of rotatable bonds is 2. The second-order valence-electron chi connectivity index (χ2n) is 2.58. The number of carboxylic acid groups (broad SMARTS) is 1. The average Bonchev–Trinajstić information content (AvgIpc) is 2.32. The van der Waals surface area contributed by atoms with Crippen molar-refractivity contribution in [1.29, 1.82) is 0 Å². The van der Waals surface area contributed by atoms with Crippen LogP contribution < -0.4 is 0 Å². The van der Waals surface area contributed by atoms with Crippen molar-refractivity contribution in [3.05, 3.63) is 0 Å². The molecule has 0 aromatic rings. The molecule has 0 radical (unpaired) electrons. The molecule has 0 saturated carbocycles. The van der Waals surface area contributed by atoms with Crippen LogP contribution in [0.15, 0.2) is 0 Å². The maximum Gasteiger partial charge on any atom is 0.321 e. The molecule has 5 heteroatoms. The van der Waals surface area contributed by atoms with E-state index in [0.29, 0.717) is 19.4 Å². The summed E-state index contributed by atoms with van der Waals surface area (Å²) in [5.41, 5.74) is 0. The van der Waals surface area contributed by atoms with Crippen LogP contribution in [0.1, 0.15) is 12.8 Å². The topological polar surface area (TPSA) is 81.0 Å². The molecule has 1 atom stereocenters. The number of carboxylic acids is 1. The van der Waals surface area contributed by atoms with Gasteiger partial charge in [0.05, 0.1) is 0 Å². The molecule has 1 saturated heterocycles. The molecule has 0 aromatic carbocycles. The zero-order valence-corrected chi connectivity index (χ0v) is 5.97. The normalized spacial score (nSPS) is 26.3. The van der Waals surface area contributed by atoms with E-state index in [9.17, 15) is 4.79 Å². The molecule has 0 aliphatic carbocycles. The fourth-order valence-corrected chi connectivity index (χ4v) is 1.33. The van der Waals surface area contributed by atoms with Gasteiger partial charge in [-0.25, -0.2) is 4.90 Å². The van der Waals surface area contributed by atoms with E-state index in [-0.39, 0.29) is 0 Å². The zero-order chi connectivity index (χ0) is 8.43. The average molecular weight is 161 g/mol. The molecular weight excluding hydrogens is 150 g/mol. The Bertz CT molecular complexity index is 159. The molecule has 1 fully saturated rings. The fourth-order valence-electron chi connectivity index (χ4n) is 1.33. The second-order valence-corrected chi connectivity index (χ2v) is 2.58. The van der Waals surface area contributed by atoms with Gasteiger partial charge < -0.3 is 15.3 Å². The third kappa shape index (κ3) is 1.68. The highest BCUT2D eigenvalue weighted by Crippen LogP contribution is 2.17. The van der Waals surface area contributed by atoms with Crippen LogP contribution in [-0.2, 0) is 4.79 Å². The number of nitrogens with zero attached hydrogens (tertiary/aromatic N) is 1. The fraction of sp³-hybridized carbons (Fsp3) is 0.833. The monoisotopic (exact) mass is 161 g/mol. The standard InChI is InChI=1S/C6H11NO4/c8-5(9)4-2-1-3-7(4)6(10)11/h4,6,10-11H,1-3H2,(H,8,9)/t4-/m0/s1. The number of aliphatic carboxylic acids is 1. The third-order valence-corrected chi connectivity index (χ3v) is 1.88. The first-order chi connectivity index (χ1) is 5.13. The molecule has 0 spiro atoms. The largest absolute Gasteiger partial charge is 0.480 e. The Kier molecular flexibility index (Phi) is 2.43. The summed E-state index contributed by atoms with van der Waals surface area (Å²) < 4.78 is 0. The van der Waals surface area contributed by atoms with Crippen LogP contribution in [0.5, 0.6) is 0 Å². The molecule has 0 unspecified atom stereocenters. The van der Waals surface area contributed by atoms with Crippen LogP contribution in [0.25, 0.3) is 0 Å². The summed E-state index contributed by atoms with van der Waals surface area (Å²) in [5, 5.41) is 25.9. The van der Waals surface area contributed by atoms with Crippen LogP contribution in [0, 0.1) is 0 Å². The molecule has 0 aromatic heterocycles. The molecule has 5 nitrogen and oxygen atoms in total. The van der Waals surface area contributed by atoms with E-state index in [1.165, 1.54) is 0 Å². The van der Waals surface area contributed by atoms with E-state index in [1.54, 1.807) is 0 Å². The smallest absolute Gasteiger partial charge is 0.321 e. The van der Waals surface area contributed by atoms with Gasteiger partial charge in [0, 0.05) is 6.54 Å².